The number of aromatic amines is 1. The topological polar surface area (TPSA) is 80.5 Å². The van der Waals surface area contributed by atoms with Crippen molar-refractivity contribution in [3.05, 3.63) is 23.5 Å². The van der Waals surface area contributed by atoms with Crippen LogP contribution in [-0.4, -0.2) is 20.2 Å². The third kappa shape index (κ3) is 2.92. The first-order valence-corrected chi connectivity index (χ1v) is 5.58. The second-order valence-corrected chi connectivity index (χ2v) is 4.41. The largest absolute Gasteiger partial charge is 0.416 e. The summed E-state index contributed by atoms with van der Waals surface area (Å²) in [6.45, 7) is 1.69. The van der Waals surface area contributed by atoms with Crippen LogP contribution in [0.4, 0.5) is 19.0 Å². The lowest BCUT2D eigenvalue weighted by molar-refractivity contribution is -0.137. The molecular weight excluding hydrogens is 267 g/mol. The van der Waals surface area contributed by atoms with Gasteiger partial charge >= 0.3 is 6.18 Å². The van der Waals surface area contributed by atoms with Crippen molar-refractivity contribution in [2.45, 2.75) is 23.3 Å². The first-order chi connectivity index (χ1) is 8.34. The summed E-state index contributed by atoms with van der Waals surface area (Å²) >= 11 is 0.908. The highest BCUT2D eigenvalue weighted by molar-refractivity contribution is 7.99. The van der Waals surface area contributed by atoms with Gasteiger partial charge in [0.25, 0.3) is 0 Å². The number of hydrogen-bond acceptors (Lipinski definition) is 5. The van der Waals surface area contributed by atoms with Gasteiger partial charge in [-0.2, -0.15) is 13.2 Å². The summed E-state index contributed by atoms with van der Waals surface area (Å²) in [5.74, 6) is 0.372. The molecule has 9 heteroatoms. The van der Waals surface area contributed by atoms with E-state index in [-0.39, 0.29) is 10.8 Å². The summed E-state index contributed by atoms with van der Waals surface area (Å²) in [5, 5.41) is 6.77. The van der Waals surface area contributed by atoms with Gasteiger partial charge in [0.15, 0.2) is 0 Å². The van der Waals surface area contributed by atoms with E-state index in [2.05, 4.69) is 20.2 Å². The van der Waals surface area contributed by atoms with E-state index in [4.69, 9.17) is 5.73 Å². The molecule has 0 amide bonds. The molecule has 0 bridgehead atoms. The minimum absolute atomic E-state index is 0.0984. The van der Waals surface area contributed by atoms with Gasteiger partial charge in [-0.15, -0.1) is 5.10 Å². The molecule has 0 saturated heterocycles. The van der Waals surface area contributed by atoms with E-state index in [9.17, 15) is 13.2 Å². The number of anilines is 1. The van der Waals surface area contributed by atoms with Crippen molar-refractivity contribution in [2.24, 2.45) is 0 Å². The van der Waals surface area contributed by atoms with Crippen molar-refractivity contribution in [1.82, 2.24) is 20.2 Å². The zero-order chi connectivity index (χ0) is 13.3. The number of halogens is 3. The molecule has 0 fully saturated rings. The van der Waals surface area contributed by atoms with E-state index in [0.29, 0.717) is 11.0 Å². The number of nitrogens with one attached hydrogen (secondary N) is 1. The Balaban J connectivity index is 2.31. The fourth-order valence-corrected chi connectivity index (χ4v) is 2.00. The molecular formula is C9H8F3N5S. The van der Waals surface area contributed by atoms with Crippen LogP contribution in [-0.2, 0) is 6.18 Å². The minimum atomic E-state index is -4.46. The third-order valence-electron chi connectivity index (χ3n) is 1.92. The number of alkyl halides is 3. The van der Waals surface area contributed by atoms with Crippen LogP contribution in [0.1, 0.15) is 11.4 Å². The molecule has 0 aliphatic heterocycles. The smallest absolute Gasteiger partial charge is 0.384 e. The maximum Gasteiger partial charge on any atom is 0.416 e. The molecule has 2 heterocycles. The van der Waals surface area contributed by atoms with Gasteiger partial charge in [0.05, 0.1) is 5.56 Å². The molecule has 0 spiro atoms. The standard InChI is InChI=1S/C9H8F3N5S/c1-4-14-8(17-16-4)18-7-3-5(9(10,11)12)2-6(13)15-7/h2-3H,1H3,(H2,13,15)(H,14,16,17). The minimum Gasteiger partial charge on any atom is -0.384 e. The Labute approximate surface area is 104 Å². The summed E-state index contributed by atoms with van der Waals surface area (Å²) in [4.78, 5) is 7.76. The number of H-pyrrole nitrogens is 1. The van der Waals surface area contributed by atoms with Crippen LogP contribution in [0, 0.1) is 6.92 Å². The summed E-state index contributed by atoms with van der Waals surface area (Å²) in [6, 6.07) is 1.69. The monoisotopic (exact) mass is 275 g/mol. The molecule has 0 unspecified atom stereocenters. The number of hydrogen-bond donors (Lipinski definition) is 2. The lowest BCUT2D eigenvalue weighted by atomic mass is 10.2. The van der Waals surface area contributed by atoms with E-state index in [1.807, 2.05) is 0 Å². The van der Waals surface area contributed by atoms with Gasteiger partial charge in [-0.25, -0.2) is 9.97 Å². The number of nitrogen functional groups attached to an aromatic ring is 1. The van der Waals surface area contributed by atoms with Crippen LogP contribution in [0.15, 0.2) is 22.3 Å². The fourth-order valence-electron chi connectivity index (χ4n) is 1.20. The van der Waals surface area contributed by atoms with E-state index < -0.39 is 11.7 Å². The van der Waals surface area contributed by atoms with Crippen LogP contribution in [0.3, 0.4) is 0 Å². The predicted molar refractivity (Wildman–Crippen MR) is 58.9 cm³/mol. The maximum atomic E-state index is 12.6. The Morgan fingerprint density at radius 1 is 1.28 bits per heavy atom. The summed E-state index contributed by atoms with van der Waals surface area (Å²) in [5.41, 5.74) is 4.50. The molecule has 0 saturated carbocycles. The van der Waals surface area contributed by atoms with Gasteiger partial charge in [-0.05, 0) is 30.8 Å². The molecule has 2 aromatic rings. The number of rotatable bonds is 2. The molecule has 96 valence electrons. The van der Waals surface area contributed by atoms with E-state index in [0.717, 1.165) is 23.9 Å². The van der Waals surface area contributed by atoms with Gasteiger partial charge in [0.2, 0.25) is 5.16 Å². The van der Waals surface area contributed by atoms with Crippen molar-refractivity contribution in [1.29, 1.82) is 0 Å². The van der Waals surface area contributed by atoms with Crippen molar-refractivity contribution < 1.29 is 13.2 Å². The van der Waals surface area contributed by atoms with Gasteiger partial charge < -0.3 is 5.73 Å². The zero-order valence-electron chi connectivity index (χ0n) is 9.12. The van der Waals surface area contributed by atoms with Crippen LogP contribution < -0.4 is 5.73 Å². The van der Waals surface area contributed by atoms with E-state index in [1.54, 1.807) is 6.92 Å². The molecule has 18 heavy (non-hydrogen) atoms. The Morgan fingerprint density at radius 3 is 2.56 bits per heavy atom. The second kappa shape index (κ2) is 4.48. The molecule has 2 rings (SSSR count). The second-order valence-electron chi connectivity index (χ2n) is 3.42. The number of aromatic nitrogens is 4. The first-order valence-electron chi connectivity index (χ1n) is 4.76. The average molecular weight is 275 g/mol. The van der Waals surface area contributed by atoms with Crippen molar-refractivity contribution >= 4 is 17.6 Å². The van der Waals surface area contributed by atoms with Crippen LogP contribution in [0.5, 0.6) is 0 Å². The van der Waals surface area contributed by atoms with Crippen molar-refractivity contribution in [3.63, 3.8) is 0 Å². The number of pyridine rings is 1. The summed E-state index contributed by atoms with van der Waals surface area (Å²) < 4.78 is 37.7. The highest BCUT2D eigenvalue weighted by Crippen LogP contribution is 2.33. The number of aryl methyl sites for hydroxylation is 1. The lowest BCUT2D eigenvalue weighted by Crippen LogP contribution is -2.07. The first kappa shape index (κ1) is 12.7. The molecule has 0 aliphatic carbocycles. The Hall–Kier alpha value is -1.77. The quantitative estimate of drug-likeness (QED) is 0.878. The molecule has 0 atom stereocenters. The van der Waals surface area contributed by atoms with Crippen molar-refractivity contribution in [3.8, 4) is 0 Å². The highest BCUT2D eigenvalue weighted by Gasteiger charge is 2.31. The summed E-state index contributed by atoms with van der Waals surface area (Å²) in [6.07, 6.45) is -4.46. The molecule has 3 N–H and O–H groups in total. The molecule has 0 aliphatic rings. The van der Waals surface area contributed by atoms with Gasteiger partial charge in [0.1, 0.15) is 16.7 Å². The number of nitrogens with zero attached hydrogens (tertiary/aromatic N) is 3. The van der Waals surface area contributed by atoms with Crippen LogP contribution in [0.25, 0.3) is 0 Å². The zero-order valence-corrected chi connectivity index (χ0v) is 9.93. The van der Waals surface area contributed by atoms with Gasteiger partial charge in [-0.1, -0.05) is 0 Å². The summed E-state index contributed by atoms with van der Waals surface area (Å²) in [7, 11) is 0. The average Bonchev–Trinajstić information content (AvgIpc) is 2.61. The Bertz CT molecular complexity index is 566. The lowest BCUT2D eigenvalue weighted by Gasteiger charge is -2.08. The Morgan fingerprint density at radius 2 is 2.00 bits per heavy atom. The van der Waals surface area contributed by atoms with E-state index >= 15 is 0 Å². The number of nitrogens with two attached hydrogens (primary N) is 1. The van der Waals surface area contributed by atoms with Gasteiger partial charge in [-0.3, -0.25) is 5.10 Å². The molecule has 2 aromatic heterocycles. The Kier molecular flexibility index (Phi) is 3.16. The fraction of sp³-hybridized carbons (Fsp3) is 0.222. The van der Waals surface area contributed by atoms with E-state index in [1.165, 1.54) is 0 Å². The third-order valence-corrected chi connectivity index (χ3v) is 2.70. The molecule has 0 radical (unpaired) electrons. The molecule has 5 nitrogen and oxygen atoms in total. The molecule has 0 aromatic carbocycles. The predicted octanol–water partition coefficient (Wildman–Crippen LogP) is 2.26. The SMILES string of the molecule is Cc1nc(Sc2cc(C(F)(F)F)cc(N)n2)n[nH]1. The van der Waals surface area contributed by atoms with Crippen LogP contribution in [0.2, 0.25) is 0 Å². The van der Waals surface area contributed by atoms with Crippen molar-refractivity contribution in [2.75, 3.05) is 5.73 Å². The van der Waals surface area contributed by atoms with Gasteiger partial charge in [0, 0.05) is 0 Å². The maximum absolute atomic E-state index is 12.6. The van der Waals surface area contributed by atoms with Crippen LogP contribution >= 0.6 is 11.8 Å². The highest BCUT2D eigenvalue weighted by atomic mass is 32.2. The normalized spacial score (nSPS) is 11.8.